The Hall–Kier alpha value is -2.39. The van der Waals surface area contributed by atoms with Crippen molar-refractivity contribution in [3.8, 4) is 0 Å². The van der Waals surface area contributed by atoms with Gasteiger partial charge in [-0.3, -0.25) is 0 Å². The minimum Gasteiger partial charge on any atom is -0.387 e. The molecular formula is C20H20FN3O4. The van der Waals surface area contributed by atoms with Crippen LogP contribution in [0.3, 0.4) is 0 Å². The largest absolute Gasteiger partial charge is 0.387 e. The number of aryl methyl sites for hydroxylation is 2. The van der Waals surface area contributed by atoms with Crippen LogP contribution in [0.2, 0.25) is 0 Å². The molecule has 28 heavy (non-hydrogen) atoms. The van der Waals surface area contributed by atoms with Gasteiger partial charge in [-0.25, -0.2) is 14.4 Å². The lowest BCUT2D eigenvalue weighted by Gasteiger charge is -2.25. The maximum absolute atomic E-state index is 13.1. The summed E-state index contributed by atoms with van der Waals surface area (Å²) in [5, 5.41) is 32.4. The van der Waals surface area contributed by atoms with Gasteiger partial charge in [0.2, 0.25) is 0 Å². The first-order valence-electron chi connectivity index (χ1n) is 9.26. The van der Waals surface area contributed by atoms with Crippen LogP contribution in [0.15, 0.2) is 36.8 Å². The molecule has 146 valence electrons. The predicted molar refractivity (Wildman–Crippen MR) is 97.1 cm³/mol. The third kappa shape index (κ3) is 2.56. The fraction of sp³-hybridized carbons (Fsp3) is 0.400. The Kier molecular flexibility index (Phi) is 4.17. The number of hydrogen-bond acceptors (Lipinski definition) is 6. The van der Waals surface area contributed by atoms with Crippen molar-refractivity contribution in [2.24, 2.45) is 0 Å². The Labute approximate surface area is 160 Å². The van der Waals surface area contributed by atoms with E-state index in [0.29, 0.717) is 16.6 Å². The second-order valence-corrected chi connectivity index (χ2v) is 7.36. The maximum Gasteiger partial charge on any atom is 0.164 e. The van der Waals surface area contributed by atoms with E-state index in [0.717, 1.165) is 12.8 Å². The first-order chi connectivity index (χ1) is 13.6. The lowest BCUT2D eigenvalue weighted by atomic mass is 9.85. The maximum atomic E-state index is 13.1. The number of halogens is 1. The van der Waals surface area contributed by atoms with Gasteiger partial charge in [0, 0.05) is 11.6 Å². The summed E-state index contributed by atoms with van der Waals surface area (Å²) in [6, 6.07) is 7.37. The zero-order chi connectivity index (χ0) is 19.4. The van der Waals surface area contributed by atoms with Crippen LogP contribution in [0.25, 0.3) is 11.0 Å². The second kappa shape index (κ2) is 6.59. The number of alkyl halides is 1. The Morgan fingerprint density at radius 1 is 1.14 bits per heavy atom. The van der Waals surface area contributed by atoms with E-state index in [-0.39, 0.29) is 5.69 Å². The Morgan fingerprint density at radius 3 is 2.68 bits per heavy atom. The van der Waals surface area contributed by atoms with E-state index in [4.69, 9.17) is 4.74 Å². The van der Waals surface area contributed by atoms with Crippen molar-refractivity contribution >= 4 is 11.0 Å². The highest BCUT2D eigenvalue weighted by molar-refractivity contribution is 5.78. The third-order valence-corrected chi connectivity index (χ3v) is 5.81. The first kappa shape index (κ1) is 17.7. The summed E-state index contributed by atoms with van der Waals surface area (Å²) in [4.78, 5) is 8.07. The summed E-state index contributed by atoms with van der Waals surface area (Å²) in [5.41, 5.74) is 3.75. The standard InChI is InChI=1S/C20H20FN3O4/c21-8-14-13-5-6-24(19(13)23-9-22-14)20-17(27)16(26)18(28-20)15(25)12-4-2-10-1-3-11(10)7-12/h2,4-7,9,15-18,20,25-27H,1,3,8H2/t15-,16+,17-,18-,20-/m1/s1. The third-order valence-electron chi connectivity index (χ3n) is 5.81. The Morgan fingerprint density at radius 2 is 1.96 bits per heavy atom. The summed E-state index contributed by atoms with van der Waals surface area (Å²) in [7, 11) is 0. The molecule has 0 radical (unpaired) electrons. The number of aromatic nitrogens is 3. The van der Waals surface area contributed by atoms with Crippen LogP contribution in [0.1, 0.15) is 34.7 Å². The van der Waals surface area contributed by atoms with Crippen molar-refractivity contribution in [2.75, 3.05) is 0 Å². The molecule has 1 aliphatic heterocycles. The van der Waals surface area contributed by atoms with E-state index in [9.17, 15) is 19.7 Å². The molecule has 0 saturated carbocycles. The molecule has 2 aromatic heterocycles. The molecule has 3 N–H and O–H groups in total. The molecule has 3 heterocycles. The predicted octanol–water partition coefficient (Wildman–Crippen LogP) is 1.35. The highest BCUT2D eigenvalue weighted by Gasteiger charge is 2.47. The second-order valence-electron chi connectivity index (χ2n) is 7.36. The minimum atomic E-state index is -1.29. The van der Waals surface area contributed by atoms with Gasteiger partial charge in [-0.15, -0.1) is 0 Å². The van der Waals surface area contributed by atoms with E-state index in [2.05, 4.69) is 9.97 Å². The number of fused-ring (bicyclic) bond motifs is 2. The number of hydrogen-bond donors (Lipinski definition) is 3. The number of aliphatic hydroxyl groups excluding tert-OH is 3. The molecule has 3 aromatic rings. The summed E-state index contributed by atoms with van der Waals surface area (Å²) >= 11 is 0. The number of rotatable bonds is 4. The molecule has 7 nitrogen and oxygen atoms in total. The smallest absolute Gasteiger partial charge is 0.164 e. The minimum absolute atomic E-state index is 0.246. The molecule has 1 aromatic carbocycles. The van der Waals surface area contributed by atoms with Gasteiger partial charge < -0.3 is 24.6 Å². The van der Waals surface area contributed by atoms with Crippen molar-refractivity contribution in [2.45, 2.75) is 50.2 Å². The molecule has 1 fully saturated rings. The summed E-state index contributed by atoms with van der Waals surface area (Å²) in [6.07, 6.45) is -0.729. The molecule has 5 atom stereocenters. The fourth-order valence-corrected chi connectivity index (χ4v) is 4.10. The van der Waals surface area contributed by atoms with Gasteiger partial charge in [0.05, 0.1) is 5.69 Å². The van der Waals surface area contributed by atoms with Crippen LogP contribution >= 0.6 is 0 Å². The van der Waals surface area contributed by atoms with E-state index < -0.39 is 37.3 Å². The lowest BCUT2D eigenvalue weighted by Crippen LogP contribution is -2.35. The summed E-state index contributed by atoms with van der Waals surface area (Å²) in [5.74, 6) is 0. The van der Waals surface area contributed by atoms with Gasteiger partial charge in [-0.05, 0) is 35.6 Å². The van der Waals surface area contributed by atoms with Gasteiger partial charge in [-0.1, -0.05) is 18.2 Å². The number of ether oxygens (including phenoxy) is 1. The highest BCUT2D eigenvalue weighted by atomic mass is 19.1. The van der Waals surface area contributed by atoms with Crippen molar-refractivity contribution in [1.29, 1.82) is 0 Å². The SMILES string of the molecule is O[C@@H]1[C@H](O)[C@@H]([C@H](O)c2ccc3c(c2)CC3)O[C@H]1n1ccc2c(CF)ncnc21. The Balaban J connectivity index is 1.46. The molecular weight excluding hydrogens is 365 g/mol. The Bertz CT molecular complexity index is 1040. The summed E-state index contributed by atoms with van der Waals surface area (Å²) in [6.45, 7) is -0.737. The van der Waals surface area contributed by atoms with Gasteiger partial charge in [0.1, 0.15) is 43.1 Å². The molecule has 0 spiro atoms. The van der Waals surface area contributed by atoms with Crippen LogP contribution in [-0.4, -0.2) is 48.2 Å². The molecule has 2 aliphatic rings. The lowest BCUT2D eigenvalue weighted by molar-refractivity contribution is -0.0848. The zero-order valence-electron chi connectivity index (χ0n) is 14.9. The van der Waals surface area contributed by atoms with Crippen LogP contribution in [-0.2, 0) is 24.3 Å². The van der Waals surface area contributed by atoms with Gasteiger partial charge >= 0.3 is 0 Å². The molecule has 1 aliphatic carbocycles. The fourth-order valence-electron chi connectivity index (χ4n) is 4.10. The number of aliphatic hydroxyl groups is 3. The summed E-state index contributed by atoms with van der Waals surface area (Å²) < 4.78 is 20.6. The molecule has 0 amide bonds. The molecule has 0 unspecified atom stereocenters. The monoisotopic (exact) mass is 385 g/mol. The number of benzene rings is 1. The van der Waals surface area contributed by atoms with E-state index in [1.54, 1.807) is 12.3 Å². The first-order valence-corrected chi connectivity index (χ1v) is 9.26. The highest BCUT2D eigenvalue weighted by Crippen LogP contribution is 2.38. The number of nitrogens with zero attached hydrogens (tertiary/aromatic N) is 3. The van der Waals surface area contributed by atoms with E-state index >= 15 is 0 Å². The van der Waals surface area contributed by atoms with E-state index in [1.165, 1.54) is 22.0 Å². The van der Waals surface area contributed by atoms with Crippen molar-refractivity contribution in [3.05, 3.63) is 59.2 Å². The van der Waals surface area contributed by atoms with Crippen LogP contribution in [0.4, 0.5) is 4.39 Å². The van der Waals surface area contributed by atoms with E-state index in [1.807, 2.05) is 18.2 Å². The average Bonchev–Trinajstić information content (AvgIpc) is 3.24. The quantitative estimate of drug-likeness (QED) is 0.627. The van der Waals surface area contributed by atoms with Crippen molar-refractivity contribution < 1.29 is 24.4 Å². The van der Waals surface area contributed by atoms with Crippen LogP contribution < -0.4 is 0 Å². The molecule has 8 heteroatoms. The van der Waals surface area contributed by atoms with Crippen LogP contribution in [0.5, 0.6) is 0 Å². The molecule has 1 saturated heterocycles. The van der Waals surface area contributed by atoms with Gasteiger partial charge in [-0.2, -0.15) is 0 Å². The van der Waals surface area contributed by atoms with Crippen molar-refractivity contribution in [3.63, 3.8) is 0 Å². The van der Waals surface area contributed by atoms with Crippen LogP contribution in [0, 0.1) is 0 Å². The van der Waals surface area contributed by atoms with Gasteiger partial charge in [0.15, 0.2) is 6.23 Å². The zero-order valence-corrected chi connectivity index (χ0v) is 14.9. The van der Waals surface area contributed by atoms with Crippen molar-refractivity contribution in [1.82, 2.24) is 14.5 Å². The topological polar surface area (TPSA) is 101 Å². The normalized spacial score (nSPS) is 27.6. The van der Waals surface area contributed by atoms with Gasteiger partial charge in [0.25, 0.3) is 0 Å². The molecule has 5 rings (SSSR count). The average molecular weight is 385 g/mol. The molecule has 0 bridgehead atoms.